The van der Waals surface area contributed by atoms with Gasteiger partial charge < -0.3 is 10.8 Å². The normalized spacial score (nSPS) is 19.3. The smallest absolute Gasteiger partial charge is 0.100 e. The van der Waals surface area contributed by atoms with Crippen molar-refractivity contribution in [3.8, 4) is 0 Å². The summed E-state index contributed by atoms with van der Waals surface area (Å²) in [5, 5.41) is 8.62. The summed E-state index contributed by atoms with van der Waals surface area (Å²) in [6, 6.07) is 0. The van der Waals surface area contributed by atoms with Crippen molar-refractivity contribution in [2.45, 2.75) is 38.3 Å². The molecule has 3 N–H and O–H groups in total. The van der Waals surface area contributed by atoms with Gasteiger partial charge in [-0.05, 0) is 6.42 Å². The molecule has 0 rings (SSSR count). The molecular formula is C6H17NOSi. The van der Waals surface area contributed by atoms with E-state index in [1.165, 1.54) is 0 Å². The third kappa shape index (κ3) is 2.08. The van der Waals surface area contributed by atoms with Crippen LogP contribution in [0, 0.1) is 0 Å². The van der Waals surface area contributed by atoms with E-state index in [0.29, 0.717) is 6.42 Å². The summed E-state index contributed by atoms with van der Waals surface area (Å²) in [6.07, 6.45) is 0.655. The molecule has 2 nitrogen and oxygen atoms in total. The van der Waals surface area contributed by atoms with Crippen molar-refractivity contribution in [2.75, 3.05) is 0 Å². The van der Waals surface area contributed by atoms with E-state index in [-0.39, 0.29) is 0 Å². The second-order valence-corrected chi connectivity index (χ2v) is 8.89. The first-order valence-electron chi connectivity index (χ1n) is 3.32. The van der Waals surface area contributed by atoms with Crippen molar-refractivity contribution in [3.05, 3.63) is 0 Å². The zero-order valence-corrected chi connectivity index (χ0v) is 7.73. The molecule has 0 aliphatic heterocycles. The number of nitrogens with two attached hydrogens (primary N) is 1. The summed E-state index contributed by atoms with van der Waals surface area (Å²) in [6.45, 7) is 8.11. The van der Waals surface area contributed by atoms with Crippen LogP contribution in [0.25, 0.3) is 0 Å². The van der Waals surface area contributed by atoms with Gasteiger partial charge in [0.15, 0.2) is 0 Å². The van der Waals surface area contributed by atoms with Crippen molar-refractivity contribution in [3.63, 3.8) is 0 Å². The Morgan fingerprint density at radius 2 is 1.78 bits per heavy atom. The largest absolute Gasteiger partial charge is 0.380 e. The van der Waals surface area contributed by atoms with Crippen molar-refractivity contribution in [1.82, 2.24) is 0 Å². The molecule has 0 spiro atoms. The van der Waals surface area contributed by atoms with Gasteiger partial charge in [0, 0.05) is 0 Å². The lowest BCUT2D eigenvalue weighted by atomic mass is 10.4. The molecule has 0 amide bonds. The zero-order chi connectivity index (χ0) is 7.71. The summed E-state index contributed by atoms with van der Waals surface area (Å²) in [5.74, 6) is 0. The maximum atomic E-state index is 9.50. The minimum absolute atomic E-state index is 0.655. The van der Waals surface area contributed by atoms with Gasteiger partial charge in [-0.25, -0.2) is 0 Å². The van der Waals surface area contributed by atoms with Gasteiger partial charge in [-0.2, -0.15) is 0 Å². The standard InChI is InChI=1S/C6H17NOSi/c1-5-6(7,8)9(2,3)4/h8H,5,7H2,1-4H3. The third-order valence-corrected chi connectivity index (χ3v) is 4.79. The molecule has 0 heterocycles. The second-order valence-electron chi connectivity index (χ2n) is 3.53. The van der Waals surface area contributed by atoms with Crippen LogP contribution in [0.2, 0.25) is 19.6 Å². The first-order chi connectivity index (χ1) is 3.81. The fraction of sp³-hybridized carbons (Fsp3) is 1.00. The van der Waals surface area contributed by atoms with E-state index in [1.54, 1.807) is 0 Å². The van der Waals surface area contributed by atoms with Crippen molar-refractivity contribution in [2.24, 2.45) is 5.73 Å². The van der Waals surface area contributed by atoms with Crippen LogP contribution in [0.1, 0.15) is 13.3 Å². The highest BCUT2D eigenvalue weighted by molar-refractivity contribution is 6.78. The molecule has 0 saturated heterocycles. The number of rotatable bonds is 2. The van der Waals surface area contributed by atoms with E-state index in [0.717, 1.165) is 0 Å². The van der Waals surface area contributed by atoms with Crippen LogP contribution >= 0.6 is 0 Å². The van der Waals surface area contributed by atoms with Gasteiger partial charge in [0.25, 0.3) is 0 Å². The van der Waals surface area contributed by atoms with Crippen molar-refractivity contribution >= 4 is 8.07 Å². The first-order valence-corrected chi connectivity index (χ1v) is 6.82. The molecule has 3 heteroatoms. The van der Waals surface area contributed by atoms with Crippen molar-refractivity contribution < 1.29 is 5.11 Å². The predicted molar refractivity (Wildman–Crippen MR) is 42.8 cm³/mol. The van der Waals surface area contributed by atoms with Gasteiger partial charge in [0.2, 0.25) is 0 Å². The van der Waals surface area contributed by atoms with E-state index in [1.807, 2.05) is 6.92 Å². The van der Waals surface area contributed by atoms with Gasteiger partial charge in [0.1, 0.15) is 8.07 Å². The second kappa shape index (κ2) is 2.40. The van der Waals surface area contributed by atoms with Gasteiger partial charge >= 0.3 is 0 Å². The van der Waals surface area contributed by atoms with Crippen LogP contribution in [-0.2, 0) is 0 Å². The van der Waals surface area contributed by atoms with Crippen LogP contribution < -0.4 is 5.73 Å². The Hall–Kier alpha value is 0.137. The number of aliphatic hydroxyl groups is 1. The highest BCUT2D eigenvalue weighted by atomic mass is 28.3. The summed E-state index contributed by atoms with van der Waals surface area (Å²) >= 11 is 0. The maximum Gasteiger partial charge on any atom is 0.100 e. The van der Waals surface area contributed by atoms with Crippen molar-refractivity contribution in [1.29, 1.82) is 0 Å². The fourth-order valence-electron chi connectivity index (χ4n) is 0.530. The molecule has 0 radical (unpaired) electrons. The molecule has 0 aromatic rings. The molecule has 0 aromatic heterocycles. The van der Waals surface area contributed by atoms with Gasteiger partial charge in [0.05, 0.1) is 5.35 Å². The van der Waals surface area contributed by atoms with Crippen LogP contribution in [0.15, 0.2) is 0 Å². The van der Waals surface area contributed by atoms with E-state index in [9.17, 15) is 5.11 Å². The molecule has 9 heavy (non-hydrogen) atoms. The molecule has 0 bridgehead atoms. The molecule has 0 aliphatic rings. The van der Waals surface area contributed by atoms with E-state index in [4.69, 9.17) is 5.73 Å². The molecular weight excluding hydrogens is 130 g/mol. The highest BCUT2D eigenvalue weighted by Gasteiger charge is 2.35. The van der Waals surface area contributed by atoms with E-state index in [2.05, 4.69) is 19.6 Å². The molecule has 0 saturated carbocycles. The van der Waals surface area contributed by atoms with Gasteiger partial charge in [-0.15, -0.1) is 0 Å². The minimum atomic E-state index is -1.55. The highest BCUT2D eigenvalue weighted by Crippen LogP contribution is 2.17. The summed E-state index contributed by atoms with van der Waals surface area (Å²) in [7, 11) is -1.55. The van der Waals surface area contributed by atoms with Gasteiger partial charge in [-0.1, -0.05) is 26.6 Å². The Morgan fingerprint density at radius 3 is 1.78 bits per heavy atom. The Bertz CT molecular complexity index is 95.7. The summed E-state index contributed by atoms with van der Waals surface area (Å²) < 4.78 is 0. The average molecular weight is 147 g/mol. The average Bonchev–Trinajstić information content (AvgIpc) is 1.64. The van der Waals surface area contributed by atoms with Crippen LogP contribution in [0.4, 0.5) is 0 Å². The maximum absolute atomic E-state index is 9.50. The molecule has 1 unspecified atom stereocenters. The Kier molecular flexibility index (Phi) is 2.44. The fourth-order valence-corrected chi connectivity index (χ4v) is 1.59. The number of hydrogen-bond acceptors (Lipinski definition) is 2. The SMILES string of the molecule is CCC(N)(O)[Si](C)(C)C. The molecule has 0 aliphatic carbocycles. The molecule has 56 valence electrons. The molecule has 0 aromatic carbocycles. The quantitative estimate of drug-likeness (QED) is 0.451. The van der Waals surface area contributed by atoms with Crippen LogP contribution in [-0.4, -0.2) is 18.5 Å². The summed E-state index contributed by atoms with van der Waals surface area (Å²) in [4.78, 5) is 0. The third-order valence-electron chi connectivity index (χ3n) is 1.84. The Balaban J connectivity index is 4.14. The summed E-state index contributed by atoms with van der Waals surface area (Å²) in [5.41, 5.74) is 5.61. The molecule has 0 fully saturated rings. The minimum Gasteiger partial charge on any atom is -0.380 e. The topological polar surface area (TPSA) is 46.2 Å². The number of hydrogen-bond donors (Lipinski definition) is 2. The lowest BCUT2D eigenvalue weighted by Gasteiger charge is -2.33. The monoisotopic (exact) mass is 147 g/mol. The first kappa shape index (κ1) is 9.14. The zero-order valence-electron chi connectivity index (χ0n) is 6.73. The van der Waals surface area contributed by atoms with Crippen LogP contribution in [0.5, 0.6) is 0 Å². The molecule has 1 atom stereocenters. The van der Waals surface area contributed by atoms with Gasteiger partial charge in [-0.3, -0.25) is 0 Å². The Morgan fingerprint density at radius 1 is 1.44 bits per heavy atom. The van der Waals surface area contributed by atoms with E-state index < -0.39 is 13.4 Å². The lowest BCUT2D eigenvalue weighted by molar-refractivity contribution is 0.118. The predicted octanol–water partition coefficient (Wildman–Crippen LogP) is 0.921. The lowest BCUT2D eigenvalue weighted by Crippen LogP contribution is -2.58. The van der Waals surface area contributed by atoms with Crippen LogP contribution in [0.3, 0.4) is 0 Å². The Labute approximate surface area is 58.1 Å². The van der Waals surface area contributed by atoms with E-state index >= 15 is 0 Å².